The van der Waals surface area contributed by atoms with Crippen molar-refractivity contribution in [3.63, 3.8) is 0 Å². The molecule has 32 heavy (non-hydrogen) atoms. The van der Waals surface area contributed by atoms with Crippen LogP contribution in [0.2, 0.25) is 5.02 Å². The summed E-state index contributed by atoms with van der Waals surface area (Å²) in [5, 5.41) is 10.9. The van der Waals surface area contributed by atoms with Crippen LogP contribution in [0, 0.1) is 0 Å². The molecule has 1 N–H and O–H groups in total. The van der Waals surface area contributed by atoms with Crippen molar-refractivity contribution in [2.45, 2.75) is 26.8 Å². The number of rotatable bonds is 11. The molecule has 9 nitrogen and oxygen atoms in total. The number of anilines is 1. The van der Waals surface area contributed by atoms with E-state index in [4.69, 9.17) is 30.5 Å². The maximum atomic E-state index is 12.8. The fourth-order valence-corrected chi connectivity index (χ4v) is 2.96. The number of nitrogens with one attached hydrogen (secondary N) is 1. The third-order valence-electron chi connectivity index (χ3n) is 4.14. The van der Waals surface area contributed by atoms with Crippen molar-refractivity contribution in [2.75, 3.05) is 32.8 Å². The predicted molar refractivity (Wildman–Crippen MR) is 121 cm³/mol. The fraction of sp³-hybridized carbons (Fsp3) is 0.364. The van der Waals surface area contributed by atoms with Crippen LogP contribution in [0.3, 0.4) is 0 Å². The number of ether oxygens (including phenoxy) is 4. The van der Waals surface area contributed by atoms with Crippen molar-refractivity contribution < 1.29 is 28.5 Å². The Labute approximate surface area is 191 Å². The largest absolute Gasteiger partial charge is 0.495 e. The fourth-order valence-electron chi connectivity index (χ4n) is 2.72. The molecule has 2 aromatic rings. The summed E-state index contributed by atoms with van der Waals surface area (Å²) < 4.78 is 21.4. The van der Waals surface area contributed by atoms with Gasteiger partial charge in [-0.05, 0) is 26.8 Å². The molecule has 10 heteroatoms. The van der Waals surface area contributed by atoms with E-state index in [0.29, 0.717) is 41.9 Å². The highest BCUT2D eigenvalue weighted by Gasteiger charge is 2.25. The zero-order valence-electron chi connectivity index (χ0n) is 18.6. The summed E-state index contributed by atoms with van der Waals surface area (Å²) in [6.45, 7) is 5.87. The molecule has 172 valence electrons. The molecule has 0 radical (unpaired) electrons. The first-order chi connectivity index (χ1) is 15.3. The molecule has 0 aliphatic rings. The van der Waals surface area contributed by atoms with E-state index >= 15 is 0 Å². The van der Waals surface area contributed by atoms with E-state index in [-0.39, 0.29) is 10.7 Å². The lowest BCUT2D eigenvalue weighted by molar-refractivity contribution is -0.126. The van der Waals surface area contributed by atoms with Crippen molar-refractivity contribution in [2.24, 2.45) is 10.2 Å². The van der Waals surface area contributed by atoms with Crippen LogP contribution in [-0.4, -0.2) is 45.2 Å². The number of benzene rings is 2. The summed E-state index contributed by atoms with van der Waals surface area (Å²) in [6.07, 6.45) is 0. The predicted octanol–water partition coefficient (Wildman–Crippen LogP) is 4.83. The van der Waals surface area contributed by atoms with Gasteiger partial charge in [-0.25, -0.2) is 0 Å². The molecule has 0 spiro atoms. The lowest BCUT2D eigenvalue weighted by Crippen LogP contribution is -2.32. The standard InChI is InChI=1S/C22H26ClN3O6/c1-6-31-15-8-14(9-16(10-15)32-7-2)25-26-21(13(3)27)22(28)24-18-11-17(23)19(29-4)12-20(18)30-5/h8-12,21H,6-7H2,1-5H3,(H,24,28). The highest BCUT2D eigenvalue weighted by Crippen LogP contribution is 2.36. The zero-order valence-corrected chi connectivity index (χ0v) is 19.4. The molecule has 0 bridgehead atoms. The molecule has 0 aromatic heterocycles. The molecule has 0 saturated carbocycles. The maximum Gasteiger partial charge on any atom is 0.258 e. The molecule has 0 heterocycles. The van der Waals surface area contributed by atoms with E-state index in [1.807, 2.05) is 13.8 Å². The number of hydrogen-bond donors (Lipinski definition) is 1. The van der Waals surface area contributed by atoms with Crippen molar-refractivity contribution in [3.8, 4) is 23.0 Å². The number of carbonyl (C=O) groups excluding carboxylic acids is 2. The monoisotopic (exact) mass is 463 g/mol. The molecule has 0 fully saturated rings. The number of methoxy groups -OCH3 is 2. The van der Waals surface area contributed by atoms with Crippen LogP contribution in [0.25, 0.3) is 0 Å². The van der Waals surface area contributed by atoms with Crippen LogP contribution in [0.15, 0.2) is 40.6 Å². The normalized spacial score (nSPS) is 11.7. The molecule has 0 aliphatic carbocycles. The Bertz CT molecular complexity index is 972. The molecule has 1 atom stereocenters. The Kier molecular flexibility index (Phi) is 9.27. The van der Waals surface area contributed by atoms with Gasteiger partial charge in [-0.15, -0.1) is 0 Å². The molecular weight excluding hydrogens is 438 g/mol. The summed E-state index contributed by atoms with van der Waals surface area (Å²) in [5.41, 5.74) is 0.644. The second-order valence-electron chi connectivity index (χ2n) is 6.43. The van der Waals surface area contributed by atoms with Gasteiger partial charge in [0.1, 0.15) is 23.0 Å². The average Bonchev–Trinajstić information content (AvgIpc) is 2.74. The van der Waals surface area contributed by atoms with Gasteiger partial charge in [-0.1, -0.05) is 11.6 Å². The lowest BCUT2D eigenvalue weighted by Gasteiger charge is -2.14. The number of halogens is 1. The highest BCUT2D eigenvalue weighted by molar-refractivity contribution is 6.32. The second kappa shape index (κ2) is 11.9. The summed E-state index contributed by atoms with van der Waals surface area (Å²) in [5.74, 6) is 0.582. The van der Waals surface area contributed by atoms with E-state index in [2.05, 4.69) is 15.5 Å². The van der Waals surface area contributed by atoms with E-state index < -0.39 is 17.7 Å². The number of hydrogen-bond acceptors (Lipinski definition) is 8. The van der Waals surface area contributed by atoms with Gasteiger partial charge in [0.15, 0.2) is 5.78 Å². The van der Waals surface area contributed by atoms with Gasteiger partial charge in [0.2, 0.25) is 6.04 Å². The zero-order chi connectivity index (χ0) is 23.7. The summed E-state index contributed by atoms with van der Waals surface area (Å²) >= 11 is 6.14. The Morgan fingerprint density at radius 2 is 1.56 bits per heavy atom. The smallest absolute Gasteiger partial charge is 0.258 e. The molecular formula is C22H26ClN3O6. The Morgan fingerprint density at radius 3 is 2.06 bits per heavy atom. The van der Waals surface area contributed by atoms with E-state index in [1.165, 1.54) is 33.3 Å². The van der Waals surface area contributed by atoms with Gasteiger partial charge in [0.25, 0.3) is 5.91 Å². The first-order valence-corrected chi connectivity index (χ1v) is 10.2. The molecule has 0 aliphatic heterocycles. The minimum absolute atomic E-state index is 0.265. The average molecular weight is 464 g/mol. The molecule has 2 aromatic carbocycles. The van der Waals surface area contributed by atoms with Crippen LogP contribution in [0.1, 0.15) is 20.8 Å². The Hall–Kier alpha value is -3.33. The minimum atomic E-state index is -1.38. The van der Waals surface area contributed by atoms with E-state index in [1.54, 1.807) is 18.2 Å². The summed E-state index contributed by atoms with van der Waals surface area (Å²) in [7, 11) is 2.89. The number of azo groups is 1. The third-order valence-corrected chi connectivity index (χ3v) is 4.44. The van der Waals surface area contributed by atoms with Gasteiger partial charge in [-0.2, -0.15) is 10.2 Å². The van der Waals surface area contributed by atoms with Crippen LogP contribution < -0.4 is 24.3 Å². The lowest BCUT2D eigenvalue weighted by atomic mass is 10.2. The number of amides is 1. The first-order valence-electron chi connectivity index (χ1n) is 9.87. The molecule has 1 amide bonds. The topological polar surface area (TPSA) is 108 Å². The van der Waals surface area contributed by atoms with Crippen LogP contribution in [0.4, 0.5) is 11.4 Å². The number of carbonyl (C=O) groups is 2. The van der Waals surface area contributed by atoms with Crippen LogP contribution in [0.5, 0.6) is 23.0 Å². The van der Waals surface area contributed by atoms with Crippen LogP contribution >= 0.6 is 11.6 Å². The quantitative estimate of drug-likeness (QED) is 0.377. The van der Waals surface area contributed by atoms with Crippen LogP contribution in [-0.2, 0) is 9.59 Å². The Balaban J connectivity index is 2.29. The minimum Gasteiger partial charge on any atom is -0.495 e. The first kappa shape index (κ1) is 24.9. The van der Waals surface area contributed by atoms with Crippen molar-refractivity contribution in [1.29, 1.82) is 0 Å². The number of nitrogens with zero attached hydrogens (tertiary/aromatic N) is 2. The van der Waals surface area contributed by atoms with Gasteiger partial charge in [0.05, 0.1) is 43.8 Å². The SMILES string of the molecule is CCOc1cc(N=NC(C(C)=O)C(=O)Nc2cc(Cl)c(OC)cc2OC)cc(OCC)c1. The number of ketones is 1. The maximum absolute atomic E-state index is 12.8. The molecule has 2 rings (SSSR count). The number of Topliss-reactive ketones (excluding diaryl/α,β-unsaturated/α-hetero) is 1. The Morgan fingerprint density at radius 1 is 0.969 bits per heavy atom. The van der Waals surface area contributed by atoms with E-state index in [0.717, 1.165) is 0 Å². The van der Waals surface area contributed by atoms with E-state index in [9.17, 15) is 9.59 Å². The van der Waals surface area contributed by atoms with Gasteiger partial charge in [0, 0.05) is 24.3 Å². The third kappa shape index (κ3) is 6.58. The summed E-state index contributed by atoms with van der Waals surface area (Å²) in [6, 6.07) is 6.60. The van der Waals surface area contributed by atoms with Gasteiger partial charge < -0.3 is 24.3 Å². The molecule has 0 saturated heterocycles. The van der Waals surface area contributed by atoms with Crippen molar-refractivity contribution in [1.82, 2.24) is 0 Å². The van der Waals surface area contributed by atoms with Gasteiger partial charge >= 0.3 is 0 Å². The van der Waals surface area contributed by atoms with Crippen molar-refractivity contribution in [3.05, 3.63) is 35.4 Å². The van der Waals surface area contributed by atoms with Crippen molar-refractivity contribution >= 4 is 34.7 Å². The second-order valence-corrected chi connectivity index (χ2v) is 6.84. The molecule has 1 unspecified atom stereocenters. The summed E-state index contributed by atoms with van der Waals surface area (Å²) in [4.78, 5) is 24.9. The highest BCUT2D eigenvalue weighted by atomic mass is 35.5. The van der Waals surface area contributed by atoms with Gasteiger partial charge in [-0.3, -0.25) is 9.59 Å².